The lowest BCUT2D eigenvalue weighted by atomic mass is 10.0. The molecular formula is C23H23FN4O2. The predicted molar refractivity (Wildman–Crippen MR) is 115 cm³/mol. The van der Waals surface area contributed by atoms with Gasteiger partial charge in [0.1, 0.15) is 17.3 Å². The zero-order valence-corrected chi connectivity index (χ0v) is 16.9. The van der Waals surface area contributed by atoms with Crippen molar-refractivity contribution >= 4 is 23.2 Å². The molecule has 0 radical (unpaired) electrons. The smallest absolute Gasteiger partial charge is 0.226 e. The molecule has 0 unspecified atom stereocenters. The summed E-state index contributed by atoms with van der Waals surface area (Å²) in [5, 5.41) is 0. The predicted octanol–water partition coefficient (Wildman–Crippen LogP) is 4.05. The molecule has 0 atom stereocenters. The molecule has 3 aromatic rings. The quantitative estimate of drug-likeness (QED) is 0.598. The van der Waals surface area contributed by atoms with Crippen molar-refractivity contribution < 1.29 is 14.0 Å². The number of halogens is 1. The van der Waals surface area contributed by atoms with E-state index in [-0.39, 0.29) is 23.8 Å². The Kier molecular flexibility index (Phi) is 6.51. The van der Waals surface area contributed by atoms with Gasteiger partial charge in [-0.25, -0.2) is 9.37 Å². The van der Waals surface area contributed by atoms with Gasteiger partial charge in [0.2, 0.25) is 5.91 Å². The Morgan fingerprint density at radius 3 is 2.50 bits per heavy atom. The van der Waals surface area contributed by atoms with E-state index in [1.165, 1.54) is 11.0 Å². The third-order valence-corrected chi connectivity index (χ3v) is 4.92. The van der Waals surface area contributed by atoms with Crippen molar-refractivity contribution in [2.75, 3.05) is 17.7 Å². The van der Waals surface area contributed by atoms with Crippen molar-refractivity contribution in [2.45, 2.75) is 26.2 Å². The van der Waals surface area contributed by atoms with Gasteiger partial charge in [-0.3, -0.25) is 14.6 Å². The summed E-state index contributed by atoms with van der Waals surface area (Å²) in [6.07, 6.45) is 4.20. The van der Waals surface area contributed by atoms with Crippen LogP contribution in [0, 0.1) is 5.82 Å². The van der Waals surface area contributed by atoms with Gasteiger partial charge in [0, 0.05) is 37.8 Å². The molecule has 2 heterocycles. The second kappa shape index (κ2) is 9.26. The van der Waals surface area contributed by atoms with Crippen LogP contribution in [-0.4, -0.2) is 28.7 Å². The van der Waals surface area contributed by atoms with Crippen LogP contribution in [0.1, 0.15) is 35.8 Å². The van der Waals surface area contributed by atoms with Crippen LogP contribution in [-0.2, 0) is 11.2 Å². The molecule has 0 aliphatic rings. The minimum atomic E-state index is -0.494. The zero-order chi connectivity index (χ0) is 21.7. The number of carbonyl (C=O) groups excluding carboxylic acids is 2. The summed E-state index contributed by atoms with van der Waals surface area (Å²) in [7, 11) is 1.55. The van der Waals surface area contributed by atoms with Gasteiger partial charge in [0.25, 0.3) is 0 Å². The summed E-state index contributed by atoms with van der Waals surface area (Å²) in [5.41, 5.74) is 8.48. The highest BCUT2D eigenvalue weighted by Crippen LogP contribution is 2.26. The Balaban J connectivity index is 1.71. The van der Waals surface area contributed by atoms with E-state index in [2.05, 4.69) is 9.97 Å². The fraction of sp³-hybridized carbons (Fsp3) is 0.217. The maximum Gasteiger partial charge on any atom is 0.226 e. The number of anilines is 2. The summed E-state index contributed by atoms with van der Waals surface area (Å²) in [6.45, 7) is 1.73. The third-order valence-electron chi connectivity index (χ3n) is 4.92. The molecule has 3 rings (SSSR count). The maximum absolute atomic E-state index is 14.5. The molecule has 0 aliphatic carbocycles. The second-order valence-electron chi connectivity index (χ2n) is 6.88. The fourth-order valence-electron chi connectivity index (χ4n) is 3.10. The summed E-state index contributed by atoms with van der Waals surface area (Å²) in [5.74, 6) is -0.346. The first-order valence-electron chi connectivity index (χ1n) is 9.65. The first-order chi connectivity index (χ1) is 14.4. The highest BCUT2D eigenvalue weighted by atomic mass is 19.1. The topological polar surface area (TPSA) is 89.2 Å². The molecule has 6 nitrogen and oxygen atoms in total. The standard InChI is InChI=1S/C23H23FN4O2/c1-3-22(30)28(2)20-10-7-16(13-18(20)24)17-6-9-19(27-14-17)21(29)11-8-15-5-4-12-26-23(15)25/h4-7,9-10,12-14H,3,8,11H2,1-2H3,(H2,25,26). The number of nitrogens with zero attached hydrogens (tertiary/aromatic N) is 3. The van der Waals surface area contributed by atoms with Gasteiger partial charge in [-0.05, 0) is 41.8 Å². The highest BCUT2D eigenvalue weighted by Gasteiger charge is 2.15. The Labute approximate surface area is 174 Å². The lowest BCUT2D eigenvalue weighted by Crippen LogP contribution is -2.25. The number of nitrogens with two attached hydrogens (primary N) is 1. The number of benzene rings is 1. The van der Waals surface area contributed by atoms with Gasteiger partial charge in [0.05, 0.1) is 5.69 Å². The maximum atomic E-state index is 14.5. The average molecular weight is 406 g/mol. The third kappa shape index (κ3) is 4.68. The van der Waals surface area contributed by atoms with E-state index in [4.69, 9.17) is 5.73 Å². The number of pyridine rings is 2. The van der Waals surface area contributed by atoms with Crippen molar-refractivity contribution in [2.24, 2.45) is 0 Å². The molecule has 0 saturated heterocycles. The number of aryl methyl sites for hydroxylation is 1. The fourth-order valence-corrected chi connectivity index (χ4v) is 3.10. The molecule has 0 aliphatic heterocycles. The molecule has 1 amide bonds. The van der Waals surface area contributed by atoms with Crippen molar-refractivity contribution in [3.05, 3.63) is 71.9 Å². The van der Waals surface area contributed by atoms with E-state index in [1.807, 2.05) is 6.07 Å². The summed E-state index contributed by atoms with van der Waals surface area (Å²) in [4.78, 5) is 33.8. The van der Waals surface area contributed by atoms with E-state index in [0.717, 1.165) is 5.56 Å². The normalized spacial score (nSPS) is 10.6. The van der Waals surface area contributed by atoms with Crippen LogP contribution < -0.4 is 10.6 Å². The highest BCUT2D eigenvalue weighted by molar-refractivity contribution is 5.95. The van der Waals surface area contributed by atoms with Crippen LogP contribution in [0.5, 0.6) is 0 Å². The van der Waals surface area contributed by atoms with Crippen LogP contribution in [0.3, 0.4) is 0 Å². The summed E-state index contributed by atoms with van der Waals surface area (Å²) in [6, 6.07) is 11.6. The lowest BCUT2D eigenvalue weighted by molar-refractivity contribution is -0.118. The van der Waals surface area contributed by atoms with E-state index >= 15 is 0 Å². The number of aromatic nitrogens is 2. The minimum Gasteiger partial charge on any atom is -0.383 e. The van der Waals surface area contributed by atoms with Crippen LogP contribution in [0.2, 0.25) is 0 Å². The van der Waals surface area contributed by atoms with Crippen molar-refractivity contribution in [1.82, 2.24) is 9.97 Å². The molecule has 0 bridgehead atoms. The van der Waals surface area contributed by atoms with Gasteiger partial charge >= 0.3 is 0 Å². The van der Waals surface area contributed by atoms with Gasteiger partial charge < -0.3 is 10.6 Å². The monoisotopic (exact) mass is 406 g/mol. The number of Topliss-reactive ketones (excluding diaryl/α,β-unsaturated/α-hetero) is 1. The Morgan fingerprint density at radius 2 is 1.87 bits per heavy atom. The number of rotatable bonds is 7. The van der Waals surface area contributed by atoms with Crippen LogP contribution in [0.15, 0.2) is 54.9 Å². The van der Waals surface area contributed by atoms with Crippen LogP contribution in [0.25, 0.3) is 11.1 Å². The molecule has 7 heteroatoms. The van der Waals surface area contributed by atoms with Gasteiger partial charge in [-0.1, -0.05) is 25.1 Å². The molecule has 154 valence electrons. The number of ketones is 1. The first-order valence-corrected chi connectivity index (χ1v) is 9.65. The van der Waals surface area contributed by atoms with Gasteiger partial charge in [-0.2, -0.15) is 0 Å². The Bertz CT molecular complexity index is 1070. The Morgan fingerprint density at radius 1 is 1.10 bits per heavy atom. The van der Waals surface area contributed by atoms with E-state index < -0.39 is 5.82 Å². The molecule has 0 saturated carbocycles. The Hall–Kier alpha value is -3.61. The second-order valence-corrected chi connectivity index (χ2v) is 6.88. The molecule has 0 fully saturated rings. The van der Waals surface area contributed by atoms with Gasteiger partial charge in [-0.15, -0.1) is 0 Å². The SMILES string of the molecule is CCC(=O)N(C)c1ccc(-c2ccc(C(=O)CCc3cccnc3N)nc2)cc1F. The van der Waals surface area contributed by atoms with E-state index in [1.54, 1.807) is 56.7 Å². The van der Waals surface area contributed by atoms with Crippen molar-refractivity contribution in [3.8, 4) is 11.1 Å². The number of nitrogen functional groups attached to an aromatic ring is 1. The average Bonchev–Trinajstić information content (AvgIpc) is 2.77. The number of amides is 1. The summed E-state index contributed by atoms with van der Waals surface area (Å²) < 4.78 is 14.5. The zero-order valence-electron chi connectivity index (χ0n) is 16.9. The molecule has 2 aromatic heterocycles. The van der Waals surface area contributed by atoms with Crippen molar-refractivity contribution in [1.29, 1.82) is 0 Å². The largest absolute Gasteiger partial charge is 0.383 e. The molecule has 2 N–H and O–H groups in total. The van der Waals surface area contributed by atoms with E-state index in [0.29, 0.717) is 35.5 Å². The number of hydrogen-bond acceptors (Lipinski definition) is 5. The molecular weight excluding hydrogens is 383 g/mol. The van der Waals surface area contributed by atoms with Crippen LogP contribution in [0.4, 0.5) is 15.9 Å². The number of hydrogen-bond donors (Lipinski definition) is 1. The van der Waals surface area contributed by atoms with Gasteiger partial charge in [0.15, 0.2) is 5.78 Å². The first kappa shape index (κ1) is 21.1. The van der Waals surface area contributed by atoms with E-state index in [9.17, 15) is 14.0 Å². The summed E-state index contributed by atoms with van der Waals surface area (Å²) >= 11 is 0. The minimum absolute atomic E-state index is 0.106. The number of carbonyl (C=O) groups is 2. The molecule has 0 spiro atoms. The molecule has 1 aromatic carbocycles. The van der Waals surface area contributed by atoms with Crippen molar-refractivity contribution in [3.63, 3.8) is 0 Å². The molecule has 30 heavy (non-hydrogen) atoms. The lowest BCUT2D eigenvalue weighted by Gasteiger charge is -2.17. The van der Waals surface area contributed by atoms with Crippen LogP contribution >= 0.6 is 0 Å².